The number of rotatable bonds is 4. The Hall–Kier alpha value is -2.18. The summed E-state index contributed by atoms with van der Waals surface area (Å²) in [6.45, 7) is 7.49. The Morgan fingerprint density at radius 2 is 1.95 bits per heavy atom. The quantitative estimate of drug-likeness (QED) is 0.796. The van der Waals surface area contributed by atoms with Crippen LogP contribution >= 0.6 is 0 Å². The molecule has 0 saturated heterocycles. The maximum absolute atomic E-state index is 11.7. The van der Waals surface area contributed by atoms with Crippen molar-refractivity contribution in [3.05, 3.63) is 17.6 Å². The molecule has 0 aliphatic carbocycles. The summed E-state index contributed by atoms with van der Waals surface area (Å²) in [5.41, 5.74) is 0.316. The average Bonchev–Trinajstić information content (AvgIpc) is 2.32. The van der Waals surface area contributed by atoms with Crippen molar-refractivity contribution in [2.24, 2.45) is 0 Å². The van der Waals surface area contributed by atoms with E-state index in [0.717, 1.165) is 0 Å². The summed E-state index contributed by atoms with van der Waals surface area (Å²) in [6.07, 6.45) is 0. The number of amides is 1. The summed E-state index contributed by atoms with van der Waals surface area (Å²) in [4.78, 5) is 31.0. The van der Waals surface area contributed by atoms with E-state index in [1.54, 1.807) is 13.0 Å². The fraction of sp³-hybridized carbons (Fsp3) is 0.538. The highest BCUT2D eigenvalue weighted by molar-refractivity contribution is 5.85. The van der Waals surface area contributed by atoms with Crippen molar-refractivity contribution in [3.8, 4) is 0 Å². The number of aromatic nitrogens is 2. The van der Waals surface area contributed by atoms with Gasteiger partial charge in [0.05, 0.1) is 13.7 Å². The minimum Gasteiger partial charge on any atom is -0.463 e. The van der Waals surface area contributed by atoms with Crippen LogP contribution < -0.4 is 10.6 Å². The molecule has 1 amide bonds. The number of aryl methyl sites for hydroxylation is 1. The van der Waals surface area contributed by atoms with Gasteiger partial charge in [-0.2, -0.15) is 0 Å². The molecule has 20 heavy (non-hydrogen) atoms. The minimum absolute atomic E-state index is 0.0359. The number of ether oxygens (including phenoxy) is 1. The smallest absolute Gasteiger partial charge is 0.376 e. The van der Waals surface area contributed by atoms with Crippen LogP contribution in [0.15, 0.2) is 6.07 Å². The molecule has 0 aromatic carbocycles. The van der Waals surface area contributed by atoms with Crippen molar-refractivity contribution in [3.63, 3.8) is 0 Å². The van der Waals surface area contributed by atoms with Crippen molar-refractivity contribution >= 4 is 17.7 Å². The number of hydrogen-bond acceptors (Lipinski definition) is 6. The predicted octanol–water partition coefficient (Wildman–Crippen LogP) is 0.898. The van der Waals surface area contributed by atoms with Gasteiger partial charge in [-0.25, -0.2) is 14.8 Å². The van der Waals surface area contributed by atoms with Gasteiger partial charge in [-0.05, 0) is 27.7 Å². The molecule has 7 heteroatoms. The van der Waals surface area contributed by atoms with E-state index >= 15 is 0 Å². The van der Waals surface area contributed by atoms with Crippen molar-refractivity contribution in [1.82, 2.24) is 15.3 Å². The van der Waals surface area contributed by atoms with E-state index in [4.69, 9.17) is 0 Å². The third-order valence-corrected chi connectivity index (χ3v) is 2.17. The highest BCUT2D eigenvalue weighted by atomic mass is 16.5. The second kappa shape index (κ2) is 6.31. The summed E-state index contributed by atoms with van der Waals surface area (Å²) in [7, 11) is 1.26. The first-order valence-corrected chi connectivity index (χ1v) is 6.20. The Labute approximate surface area is 118 Å². The zero-order valence-electron chi connectivity index (χ0n) is 12.4. The standard InChI is InChI=1S/C13H20N4O3/c1-8-6-9(16-11(15-8)12(19)20-5)14-7-10(18)17-13(2,3)4/h6H,7H2,1-5H3,(H,17,18)(H,14,15,16). The van der Waals surface area contributed by atoms with Crippen LogP contribution in [-0.4, -0.2) is 41.0 Å². The molecule has 0 radical (unpaired) electrons. The predicted molar refractivity (Wildman–Crippen MR) is 74.5 cm³/mol. The fourth-order valence-electron chi connectivity index (χ4n) is 1.47. The van der Waals surface area contributed by atoms with Gasteiger partial charge in [-0.1, -0.05) is 0 Å². The molecular weight excluding hydrogens is 260 g/mol. The lowest BCUT2D eigenvalue weighted by atomic mass is 10.1. The van der Waals surface area contributed by atoms with E-state index in [-0.39, 0.29) is 23.8 Å². The van der Waals surface area contributed by atoms with E-state index in [1.165, 1.54) is 7.11 Å². The zero-order valence-corrected chi connectivity index (χ0v) is 12.4. The SMILES string of the molecule is COC(=O)c1nc(C)cc(NCC(=O)NC(C)(C)C)n1. The van der Waals surface area contributed by atoms with Gasteiger partial charge in [0.15, 0.2) is 0 Å². The monoisotopic (exact) mass is 280 g/mol. The van der Waals surface area contributed by atoms with Crippen LogP contribution in [0.4, 0.5) is 5.82 Å². The second-order valence-corrected chi connectivity index (χ2v) is 5.36. The molecule has 1 aromatic heterocycles. The highest BCUT2D eigenvalue weighted by Gasteiger charge is 2.15. The minimum atomic E-state index is -0.615. The van der Waals surface area contributed by atoms with Gasteiger partial charge >= 0.3 is 5.97 Å². The first kappa shape index (κ1) is 15.9. The number of carbonyl (C=O) groups excluding carboxylic acids is 2. The van der Waals surface area contributed by atoms with E-state index in [9.17, 15) is 9.59 Å². The number of esters is 1. The molecular formula is C13H20N4O3. The molecule has 0 saturated carbocycles. The molecule has 0 aliphatic heterocycles. The van der Waals surface area contributed by atoms with Crippen LogP contribution in [0.1, 0.15) is 37.1 Å². The summed E-state index contributed by atoms with van der Waals surface area (Å²) in [6, 6.07) is 1.65. The zero-order chi connectivity index (χ0) is 15.3. The summed E-state index contributed by atoms with van der Waals surface area (Å²) >= 11 is 0. The van der Waals surface area contributed by atoms with Crippen molar-refractivity contribution in [2.45, 2.75) is 33.2 Å². The third kappa shape index (κ3) is 5.21. The van der Waals surface area contributed by atoms with Crippen molar-refractivity contribution < 1.29 is 14.3 Å². The Morgan fingerprint density at radius 1 is 1.30 bits per heavy atom. The maximum Gasteiger partial charge on any atom is 0.376 e. The molecule has 0 fully saturated rings. The van der Waals surface area contributed by atoms with Crippen molar-refractivity contribution in [1.29, 1.82) is 0 Å². The van der Waals surface area contributed by atoms with Gasteiger partial charge in [0.2, 0.25) is 11.7 Å². The lowest BCUT2D eigenvalue weighted by Gasteiger charge is -2.20. The van der Waals surface area contributed by atoms with E-state index in [2.05, 4.69) is 25.3 Å². The topological polar surface area (TPSA) is 93.2 Å². The first-order valence-electron chi connectivity index (χ1n) is 6.20. The second-order valence-electron chi connectivity index (χ2n) is 5.36. The highest BCUT2D eigenvalue weighted by Crippen LogP contribution is 2.07. The van der Waals surface area contributed by atoms with Crippen molar-refractivity contribution in [2.75, 3.05) is 19.0 Å². The molecule has 0 unspecified atom stereocenters. The van der Waals surface area contributed by atoms with Gasteiger partial charge < -0.3 is 15.4 Å². The van der Waals surface area contributed by atoms with Crippen LogP contribution in [-0.2, 0) is 9.53 Å². The van der Waals surface area contributed by atoms with E-state index in [0.29, 0.717) is 11.5 Å². The summed E-state index contributed by atoms with van der Waals surface area (Å²) < 4.78 is 4.57. The number of methoxy groups -OCH3 is 1. The number of nitrogens with zero attached hydrogens (tertiary/aromatic N) is 2. The van der Waals surface area contributed by atoms with E-state index < -0.39 is 5.97 Å². The molecule has 0 aliphatic rings. The normalized spacial score (nSPS) is 10.8. The maximum atomic E-state index is 11.7. The van der Waals surface area contributed by atoms with Gasteiger partial charge in [-0.15, -0.1) is 0 Å². The molecule has 0 atom stereocenters. The molecule has 1 heterocycles. The van der Waals surface area contributed by atoms with Gasteiger partial charge in [-0.3, -0.25) is 4.79 Å². The Morgan fingerprint density at radius 3 is 2.50 bits per heavy atom. The average molecular weight is 280 g/mol. The van der Waals surface area contributed by atoms with Gasteiger partial charge in [0.1, 0.15) is 5.82 Å². The molecule has 2 N–H and O–H groups in total. The van der Waals surface area contributed by atoms with Crippen LogP contribution in [0.5, 0.6) is 0 Å². The Bertz CT molecular complexity index is 509. The number of hydrogen-bond donors (Lipinski definition) is 2. The number of anilines is 1. The number of nitrogens with one attached hydrogen (secondary N) is 2. The van der Waals surface area contributed by atoms with Gasteiger partial charge in [0.25, 0.3) is 0 Å². The Balaban J connectivity index is 2.71. The van der Waals surface area contributed by atoms with Crippen LogP contribution in [0.3, 0.4) is 0 Å². The summed E-state index contributed by atoms with van der Waals surface area (Å²) in [5.74, 6) is -0.405. The molecule has 0 bridgehead atoms. The first-order chi connectivity index (χ1) is 9.21. The third-order valence-electron chi connectivity index (χ3n) is 2.17. The fourth-order valence-corrected chi connectivity index (χ4v) is 1.47. The molecule has 0 spiro atoms. The lowest BCUT2D eigenvalue weighted by molar-refractivity contribution is -0.120. The Kier molecular flexibility index (Phi) is 5.01. The lowest BCUT2D eigenvalue weighted by Crippen LogP contribution is -2.43. The largest absolute Gasteiger partial charge is 0.463 e. The van der Waals surface area contributed by atoms with Crippen LogP contribution in [0, 0.1) is 6.92 Å². The van der Waals surface area contributed by atoms with Crippen LogP contribution in [0.25, 0.3) is 0 Å². The molecule has 1 aromatic rings. The number of carbonyl (C=O) groups is 2. The summed E-state index contributed by atoms with van der Waals surface area (Å²) in [5, 5.41) is 5.67. The molecule has 1 rings (SSSR count). The molecule has 110 valence electrons. The van der Waals surface area contributed by atoms with E-state index in [1.807, 2.05) is 20.8 Å². The van der Waals surface area contributed by atoms with Crippen LogP contribution in [0.2, 0.25) is 0 Å². The van der Waals surface area contributed by atoms with Gasteiger partial charge in [0, 0.05) is 17.3 Å². The molecule has 7 nitrogen and oxygen atoms in total.